The fourth-order valence-electron chi connectivity index (χ4n) is 3.45. The molecule has 0 aliphatic carbocycles. The van der Waals surface area contributed by atoms with Crippen LogP contribution in [0.5, 0.6) is 0 Å². The number of rotatable bonds is 6. The first-order valence-corrected chi connectivity index (χ1v) is 11.7. The van der Waals surface area contributed by atoms with Gasteiger partial charge in [-0.2, -0.15) is 0 Å². The fraction of sp³-hybridized carbons (Fsp3) is 0.0400. The molecule has 7 heteroatoms. The molecule has 0 N–H and O–H groups in total. The Balaban J connectivity index is 1.45. The highest BCUT2D eigenvalue weighted by Crippen LogP contribution is 2.29. The highest BCUT2D eigenvalue weighted by molar-refractivity contribution is 9.10. The molecule has 0 amide bonds. The summed E-state index contributed by atoms with van der Waals surface area (Å²) in [5, 5.41) is 11.7. The number of Topliss-reactive ketones (excluding diaryl/α,β-unsaturated/α-hetero) is 1. The lowest BCUT2D eigenvalue weighted by Crippen LogP contribution is -2.05. The molecule has 0 saturated heterocycles. The van der Waals surface area contributed by atoms with Gasteiger partial charge in [-0.3, -0.25) is 14.3 Å². The van der Waals surface area contributed by atoms with Crippen LogP contribution in [0.4, 0.5) is 0 Å². The Morgan fingerprint density at radius 2 is 1.62 bits per heavy atom. The molecule has 0 atom stereocenters. The van der Waals surface area contributed by atoms with Crippen molar-refractivity contribution < 1.29 is 4.79 Å². The molecule has 0 radical (unpaired) electrons. The summed E-state index contributed by atoms with van der Waals surface area (Å²) in [5.41, 5.74) is 2.52. The Morgan fingerprint density at radius 1 is 0.875 bits per heavy atom. The monoisotopic (exact) mass is 500 g/mol. The van der Waals surface area contributed by atoms with Crippen LogP contribution in [0.15, 0.2) is 101 Å². The van der Waals surface area contributed by atoms with Crippen LogP contribution >= 0.6 is 27.7 Å². The molecule has 3 aromatic carbocycles. The number of hydrogen-bond acceptors (Lipinski definition) is 5. The summed E-state index contributed by atoms with van der Waals surface area (Å²) in [6.45, 7) is 0. The van der Waals surface area contributed by atoms with E-state index >= 15 is 0 Å². The molecule has 2 heterocycles. The number of hydrogen-bond donors (Lipinski definition) is 0. The zero-order chi connectivity index (χ0) is 21.9. The van der Waals surface area contributed by atoms with E-state index in [9.17, 15) is 4.79 Å². The van der Waals surface area contributed by atoms with Crippen molar-refractivity contribution in [2.45, 2.75) is 5.16 Å². The molecule has 0 unspecified atom stereocenters. The molecule has 2 aromatic heterocycles. The van der Waals surface area contributed by atoms with Gasteiger partial charge in [-0.05, 0) is 53.2 Å². The topological polar surface area (TPSA) is 60.7 Å². The number of fused-ring (bicyclic) bond motifs is 1. The molecule has 156 valence electrons. The van der Waals surface area contributed by atoms with Crippen molar-refractivity contribution in [3.63, 3.8) is 0 Å². The molecule has 0 saturated carbocycles. The molecular formula is C25H17BrN4OS. The zero-order valence-corrected chi connectivity index (χ0v) is 19.3. The van der Waals surface area contributed by atoms with E-state index in [0.717, 1.165) is 26.5 Å². The van der Waals surface area contributed by atoms with Gasteiger partial charge in [-0.15, -0.1) is 10.2 Å². The number of thioether (sulfide) groups is 1. The summed E-state index contributed by atoms with van der Waals surface area (Å²) in [6.07, 6.45) is 3.46. The van der Waals surface area contributed by atoms with E-state index < -0.39 is 0 Å². The third-order valence-electron chi connectivity index (χ3n) is 5.06. The van der Waals surface area contributed by atoms with E-state index in [2.05, 4.69) is 31.1 Å². The third kappa shape index (κ3) is 4.22. The largest absolute Gasteiger partial charge is 0.293 e. The van der Waals surface area contributed by atoms with Gasteiger partial charge in [0.15, 0.2) is 16.8 Å². The molecule has 5 rings (SSSR count). The minimum absolute atomic E-state index is 0.0524. The first kappa shape index (κ1) is 20.6. The van der Waals surface area contributed by atoms with Crippen LogP contribution in [-0.2, 0) is 0 Å². The molecule has 5 aromatic rings. The summed E-state index contributed by atoms with van der Waals surface area (Å²) < 4.78 is 2.96. The minimum atomic E-state index is 0.0524. The lowest BCUT2D eigenvalue weighted by molar-refractivity contribution is 0.102. The van der Waals surface area contributed by atoms with Crippen molar-refractivity contribution >= 4 is 44.2 Å². The average molecular weight is 501 g/mol. The summed E-state index contributed by atoms with van der Waals surface area (Å²) in [7, 11) is 0. The molecule has 0 spiro atoms. The van der Waals surface area contributed by atoms with Crippen LogP contribution in [0.2, 0.25) is 0 Å². The number of ketones is 1. The van der Waals surface area contributed by atoms with E-state index in [1.165, 1.54) is 11.8 Å². The van der Waals surface area contributed by atoms with Crippen LogP contribution in [0, 0.1) is 0 Å². The Bertz CT molecular complexity index is 1400. The average Bonchev–Trinajstić information content (AvgIpc) is 3.27. The second-order valence-electron chi connectivity index (χ2n) is 7.13. The van der Waals surface area contributed by atoms with Crippen molar-refractivity contribution in [2.24, 2.45) is 0 Å². The molecule has 0 aliphatic heterocycles. The summed E-state index contributed by atoms with van der Waals surface area (Å²) in [5.74, 6) is 1.02. The smallest absolute Gasteiger partial charge is 0.196 e. The number of aromatic nitrogens is 4. The quantitative estimate of drug-likeness (QED) is 0.204. The Morgan fingerprint density at radius 3 is 2.41 bits per heavy atom. The fourth-order valence-corrected chi connectivity index (χ4v) is 4.56. The molecule has 0 fully saturated rings. The summed E-state index contributed by atoms with van der Waals surface area (Å²) >= 11 is 4.87. The molecule has 32 heavy (non-hydrogen) atoms. The number of nitrogens with zero attached hydrogens (tertiary/aromatic N) is 4. The predicted octanol–water partition coefficient (Wildman–Crippen LogP) is 6.22. The van der Waals surface area contributed by atoms with Gasteiger partial charge in [0.25, 0.3) is 0 Å². The normalized spacial score (nSPS) is 11.0. The van der Waals surface area contributed by atoms with Crippen LogP contribution in [-0.4, -0.2) is 31.3 Å². The lowest BCUT2D eigenvalue weighted by atomic mass is 10.1. The van der Waals surface area contributed by atoms with Crippen molar-refractivity contribution in [2.75, 3.05) is 5.75 Å². The highest BCUT2D eigenvalue weighted by atomic mass is 79.9. The highest BCUT2D eigenvalue weighted by Gasteiger charge is 2.18. The maximum Gasteiger partial charge on any atom is 0.196 e. The number of benzene rings is 3. The van der Waals surface area contributed by atoms with Gasteiger partial charge in [0, 0.05) is 33.7 Å². The minimum Gasteiger partial charge on any atom is -0.293 e. The Labute approximate surface area is 197 Å². The van der Waals surface area contributed by atoms with Gasteiger partial charge < -0.3 is 0 Å². The maximum absolute atomic E-state index is 12.9. The molecule has 0 aliphatic rings. The standard InChI is InChI=1S/C25H17BrN4OS/c26-21-7-9-22(10-8-21)30-24(18-11-13-27-14-12-18)28-29-25(30)32-16-23(31)20-6-5-17-3-1-2-4-19(17)15-20/h1-15H,16H2. The second kappa shape index (κ2) is 9.06. The SMILES string of the molecule is O=C(CSc1nnc(-c2ccncc2)n1-c1ccc(Br)cc1)c1ccc2ccccc2c1. The van der Waals surface area contributed by atoms with E-state index in [1.807, 2.05) is 83.4 Å². The Hall–Kier alpha value is -3.29. The third-order valence-corrected chi connectivity index (χ3v) is 6.52. The number of carbonyl (C=O) groups is 1. The predicted molar refractivity (Wildman–Crippen MR) is 131 cm³/mol. The number of halogens is 1. The first-order chi connectivity index (χ1) is 15.7. The summed E-state index contributed by atoms with van der Waals surface area (Å²) in [6, 6.07) is 25.6. The van der Waals surface area contributed by atoms with Crippen molar-refractivity contribution in [3.05, 3.63) is 101 Å². The van der Waals surface area contributed by atoms with E-state index in [-0.39, 0.29) is 11.5 Å². The van der Waals surface area contributed by atoms with Gasteiger partial charge in [0.2, 0.25) is 0 Å². The molecule has 0 bridgehead atoms. The molecular weight excluding hydrogens is 484 g/mol. The van der Waals surface area contributed by atoms with Crippen LogP contribution in [0.1, 0.15) is 10.4 Å². The van der Waals surface area contributed by atoms with E-state index in [0.29, 0.717) is 16.5 Å². The van der Waals surface area contributed by atoms with Crippen LogP contribution in [0.3, 0.4) is 0 Å². The van der Waals surface area contributed by atoms with Gasteiger partial charge >= 0.3 is 0 Å². The van der Waals surface area contributed by atoms with Gasteiger partial charge in [-0.25, -0.2) is 0 Å². The number of pyridine rings is 1. The van der Waals surface area contributed by atoms with Gasteiger partial charge in [-0.1, -0.05) is 64.1 Å². The zero-order valence-electron chi connectivity index (χ0n) is 16.9. The Kier molecular flexibility index (Phi) is 5.83. The van der Waals surface area contributed by atoms with E-state index in [4.69, 9.17) is 0 Å². The lowest BCUT2D eigenvalue weighted by Gasteiger charge is -2.10. The first-order valence-electron chi connectivity index (χ1n) is 9.95. The second-order valence-corrected chi connectivity index (χ2v) is 8.99. The van der Waals surface area contributed by atoms with Crippen molar-refractivity contribution in [3.8, 4) is 17.1 Å². The maximum atomic E-state index is 12.9. The number of carbonyl (C=O) groups excluding carboxylic acids is 1. The molecule has 5 nitrogen and oxygen atoms in total. The van der Waals surface area contributed by atoms with Crippen molar-refractivity contribution in [1.29, 1.82) is 0 Å². The summed E-state index contributed by atoms with van der Waals surface area (Å²) in [4.78, 5) is 17.0. The van der Waals surface area contributed by atoms with Crippen LogP contribution in [0.25, 0.3) is 27.8 Å². The van der Waals surface area contributed by atoms with Gasteiger partial charge in [0.1, 0.15) is 0 Å². The van der Waals surface area contributed by atoms with Crippen LogP contribution < -0.4 is 0 Å². The van der Waals surface area contributed by atoms with Gasteiger partial charge in [0.05, 0.1) is 5.75 Å². The van der Waals surface area contributed by atoms with Crippen molar-refractivity contribution in [1.82, 2.24) is 19.7 Å². The van der Waals surface area contributed by atoms with E-state index in [1.54, 1.807) is 12.4 Å².